The first-order valence-corrected chi connectivity index (χ1v) is 6.29. The molecule has 17 heavy (non-hydrogen) atoms. The van der Waals surface area contributed by atoms with Gasteiger partial charge in [0.15, 0.2) is 0 Å². The third kappa shape index (κ3) is 3.89. The van der Waals surface area contributed by atoms with Crippen LogP contribution in [0.15, 0.2) is 18.3 Å². The molecule has 1 heterocycles. The minimum absolute atomic E-state index is 0.0521. The van der Waals surface area contributed by atoms with Gasteiger partial charge >= 0.3 is 0 Å². The first kappa shape index (κ1) is 13.8. The van der Waals surface area contributed by atoms with Crippen LogP contribution in [0.1, 0.15) is 43.6 Å². The highest BCUT2D eigenvalue weighted by Gasteiger charge is 2.14. The lowest BCUT2D eigenvalue weighted by atomic mass is 10.1. The summed E-state index contributed by atoms with van der Waals surface area (Å²) >= 11 is 0. The fourth-order valence-electron chi connectivity index (χ4n) is 1.85. The third-order valence-corrected chi connectivity index (χ3v) is 2.83. The van der Waals surface area contributed by atoms with Crippen LogP contribution >= 0.6 is 0 Å². The molecule has 1 aromatic heterocycles. The maximum atomic E-state index is 12.0. The second kappa shape index (κ2) is 7.12. The van der Waals surface area contributed by atoms with Gasteiger partial charge in [-0.2, -0.15) is 0 Å². The van der Waals surface area contributed by atoms with E-state index in [1.54, 1.807) is 0 Å². The molecule has 0 spiro atoms. The number of hydrogen-bond donors (Lipinski definition) is 2. The van der Waals surface area contributed by atoms with E-state index in [9.17, 15) is 4.79 Å². The lowest BCUT2D eigenvalue weighted by Crippen LogP contribution is -2.36. The lowest BCUT2D eigenvalue weighted by Gasteiger charge is -2.16. The number of rotatable bonds is 7. The van der Waals surface area contributed by atoms with Crippen molar-refractivity contribution in [3.63, 3.8) is 0 Å². The molecule has 4 heteroatoms. The highest BCUT2D eigenvalue weighted by atomic mass is 16.3. The maximum Gasteiger partial charge on any atom is 0.268 e. The van der Waals surface area contributed by atoms with Crippen molar-refractivity contribution in [3.05, 3.63) is 24.0 Å². The summed E-state index contributed by atoms with van der Waals surface area (Å²) in [6.07, 6.45) is 4.37. The van der Waals surface area contributed by atoms with Crippen molar-refractivity contribution >= 4 is 5.91 Å². The van der Waals surface area contributed by atoms with Gasteiger partial charge in [0, 0.05) is 25.4 Å². The summed E-state index contributed by atoms with van der Waals surface area (Å²) in [6, 6.07) is 3.77. The molecule has 1 unspecified atom stereocenters. The Morgan fingerprint density at radius 2 is 2.29 bits per heavy atom. The average molecular weight is 238 g/mol. The summed E-state index contributed by atoms with van der Waals surface area (Å²) in [5, 5.41) is 11.8. The normalized spacial score (nSPS) is 12.4. The Morgan fingerprint density at radius 3 is 2.88 bits per heavy atom. The summed E-state index contributed by atoms with van der Waals surface area (Å²) in [5.41, 5.74) is 0.697. The van der Waals surface area contributed by atoms with Crippen LogP contribution in [-0.4, -0.2) is 28.2 Å². The van der Waals surface area contributed by atoms with Gasteiger partial charge in [-0.3, -0.25) is 4.79 Å². The van der Waals surface area contributed by atoms with Gasteiger partial charge in [0.1, 0.15) is 5.69 Å². The van der Waals surface area contributed by atoms with Crippen LogP contribution in [0.5, 0.6) is 0 Å². The summed E-state index contributed by atoms with van der Waals surface area (Å²) in [7, 11) is 0. The number of nitrogens with zero attached hydrogens (tertiary/aromatic N) is 1. The van der Waals surface area contributed by atoms with Gasteiger partial charge in [-0.25, -0.2) is 0 Å². The molecule has 0 saturated carbocycles. The second-order valence-corrected chi connectivity index (χ2v) is 4.18. The Morgan fingerprint density at radius 1 is 1.53 bits per heavy atom. The fourth-order valence-corrected chi connectivity index (χ4v) is 1.85. The third-order valence-electron chi connectivity index (χ3n) is 2.83. The number of aliphatic hydroxyl groups is 1. The molecular formula is C13H22N2O2. The molecule has 0 radical (unpaired) electrons. The van der Waals surface area contributed by atoms with E-state index in [1.807, 2.05) is 29.8 Å². The highest BCUT2D eigenvalue weighted by molar-refractivity contribution is 5.92. The number of nitrogens with one attached hydrogen (secondary N) is 1. The molecule has 1 rings (SSSR count). The average Bonchev–Trinajstić information content (AvgIpc) is 2.77. The molecule has 1 atom stereocenters. The van der Waals surface area contributed by atoms with Crippen molar-refractivity contribution in [2.24, 2.45) is 0 Å². The fraction of sp³-hybridized carbons (Fsp3) is 0.615. The van der Waals surface area contributed by atoms with Crippen LogP contribution in [0.4, 0.5) is 0 Å². The van der Waals surface area contributed by atoms with Gasteiger partial charge < -0.3 is 15.0 Å². The first-order chi connectivity index (χ1) is 8.22. The molecule has 0 aromatic carbocycles. The SMILES string of the molecule is CCCn1cccc1C(=O)NC(CC)CCO. The van der Waals surface area contributed by atoms with Crippen molar-refractivity contribution in [2.45, 2.75) is 45.7 Å². The van der Waals surface area contributed by atoms with E-state index in [0.717, 1.165) is 19.4 Å². The summed E-state index contributed by atoms with van der Waals surface area (Å²) < 4.78 is 1.96. The molecule has 0 aliphatic rings. The summed E-state index contributed by atoms with van der Waals surface area (Å²) in [6.45, 7) is 5.05. The Bertz CT molecular complexity index is 347. The zero-order valence-electron chi connectivity index (χ0n) is 10.6. The van der Waals surface area contributed by atoms with Crippen molar-refractivity contribution in [1.29, 1.82) is 0 Å². The van der Waals surface area contributed by atoms with Gasteiger partial charge in [-0.05, 0) is 31.4 Å². The number of carbonyl (C=O) groups is 1. The van der Waals surface area contributed by atoms with Crippen molar-refractivity contribution < 1.29 is 9.90 Å². The molecule has 0 fully saturated rings. The van der Waals surface area contributed by atoms with Gasteiger partial charge in [-0.15, -0.1) is 0 Å². The predicted molar refractivity (Wildman–Crippen MR) is 68.0 cm³/mol. The van der Waals surface area contributed by atoms with Crippen LogP contribution in [0.25, 0.3) is 0 Å². The molecule has 0 bridgehead atoms. The number of aromatic nitrogens is 1. The van der Waals surface area contributed by atoms with Crippen molar-refractivity contribution in [1.82, 2.24) is 9.88 Å². The quantitative estimate of drug-likeness (QED) is 0.761. The van der Waals surface area contributed by atoms with Crippen LogP contribution in [-0.2, 0) is 6.54 Å². The minimum atomic E-state index is -0.0521. The topological polar surface area (TPSA) is 54.3 Å². The van der Waals surface area contributed by atoms with Crippen LogP contribution in [0, 0.1) is 0 Å². The van der Waals surface area contributed by atoms with E-state index >= 15 is 0 Å². The van der Waals surface area contributed by atoms with E-state index in [1.165, 1.54) is 0 Å². The van der Waals surface area contributed by atoms with Gasteiger partial charge in [0.2, 0.25) is 0 Å². The van der Waals surface area contributed by atoms with Crippen LogP contribution in [0.2, 0.25) is 0 Å². The van der Waals surface area contributed by atoms with Gasteiger partial charge in [0.05, 0.1) is 0 Å². The van der Waals surface area contributed by atoms with Crippen LogP contribution in [0.3, 0.4) is 0 Å². The smallest absolute Gasteiger partial charge is 0.268 e. The van der Waals surface area contributed by atoms with Gasteiger partial charge in [-0.1, -0.05) is 13.8 Å². The molecule has 2 N–H and O–H groups in total. The molecule has 0 aliphatic carbocycles. The van der Waals surface area contributed by atoms with Crippen molar-refractivity contribution in [2.75, 3.05) is 6.61 Å². The molecule has 4 nitrogen and oxygen atoms in total. The van der Waals surface area contributed by atoms with E-state index in [0.29, 0.717) is 12.1 Å². The van der Waals surface area contributed by atoms with E-state index in [2.05, 4.69) is 12.2 Å². The maximum absolute atomic E-state index is 12.0. The largest absolute Gasteiger partial charge is 0.396 e. The van der Waals surface area contributed by atoms with E-state index in [-0.39, 0.29) is 18.6 Å². The second-order valence-electron chi connectivity index (χ2n) is 4.18. The Balaban J connectivity index is 2.64. The number of aryl methyl sites for hydroxylation is 1. The Hall–Kier alpha value is -1.29. The highest BCUT2D eigenvalue weighted by Crippen LogP contribution is 2.05. The molecule has 1 amide bonds. The minimum Gasteiger partial charge on any atom is -0.396 e. The van der Waals surface area contributed by atoms with Crippen molar-refractivity contribution in [3.8, 4) is 0 Å². The Kier molecular flexibility index (Phi) is 5.77. The number of aliphatic hydroxyl groups excluding tert-OH is 1. The van der Waals surface area contributed by atoms with E-state index in [4.69, 9.17) is 5.11 Å². The van der Waals surface area contributed by atoms with Gasteiger partial charge in [0.25, 0.3) is 5.91 Å². The number of hydrogen-bond acceptors (Lipinski definition) is 2. The number of amides is 1. The molecule has 1 aromatic rings. The summed E-state index contributed by atoms with van der Waals surface area (Å²) in [4.78, 5) is 12.0. The molecule has 0 saturated heterocycles. The molecule has 0 aliphatic heterocycles. The Labute approximate surface area is 103 Å². The summed E-state index contributed by atoms with van der Waals surface area (Å²) in [5.74, 6) is -0.0521. The first-order valence-electron chi connectivity index (χ1n) is 6.29. The number of carbonyl (C=O) groups excluding carboxylic acids is 1. The monoisotopic (exact) mass is 238 g/mol. The lowest BCUT2D eigenvalue weighted by molar-refractivity contribution is 0.0919. The molecule has 96 valence electrons. The molecular weight excluding hydrogens is 216 g/mol. The van der Waals surface area contributed by atoms with Crippen LogP contribution < -0.4 is 5.32 Å². The predicted octanol–water partition coefficient (Wildman–Crippen LogP) is 1.79. The zero-order chi connectivity index (χ0) is 12.7. The standard InChI is InChI=1S/C13H22N2O2/c1-3-8-15-9-5-6-12(15)13(17)14-11(4-2)7-10-16/h5-6,9,11,16H,3-4,7-8,10H2,1-2H3,(H,14,17). The van der Waals surface area contributed by atoms with E-state index < -0.39 is 0 Å². The zero-order valence-corrected chi connectivity index (χ0v) is 10.6.